The molecule has 3 N–H and O–H groups in total. The number of benzene rings is 1. The van der Waals surface area contributed by atoms with Gasteiger partial charge in [0, 0.05) is 6.20 Å². The van der Waals surface area contributed by atoms with Crippen LogP contribution in [0.25, 0.3) is 0 Å². The first-order valence-electron chi connectivity index (χ1n) is 6.50. The molecular formula is C15H17BrN4O2. The summed E-state index contributed by atoms with van der Waals surface area (Å²) in [6.07, 6.45) is 1.65. The van der Waals surface area contributed by atoms with E-state index in [4.69, 9.17) is 20.6 Å². The van der Waals surface area contributed by atoms with Crippen LogP contribution < -0.4 is 20.1 Å². The molecule has 0 radical (unpaired) electrons. The van der Waals surface area contributed by atoms with Gasteiger partial charge in [-0.25, -0.2) is 4.98 Å². The highest BCUT2D eigenvalue weighted by atomic mass is 79.9. The van der Waals surface area contributed by atoms with E-state index in [9.17, 15) is 0 Å². The van der Waals surface area contributed by atoms with Crippen molar-refractivity contribution in [1.29, 1.82) is 5.41 Å². The second-order valence-electron chi connectivity index (χ2n) is 4.42. The van der Waals surface area contributed by atoms with Crippen molar-refractivity contribution in [2.24, 2.45) is 5.73 Å². The van der Waals surface area contributed by atoms with Gasteiger partial charge in [-0.05, 0) is 40.2 Å². The van der Waals surface area contributed by atoms with Gasteiger partial charge in [0.1, 0.15) is 17.3 Å². The monoisotopic (exact) mass is 364 g/mol. The number of rotatable bonds is 5. The smallest absolute Gasteiger partial charge is 0.194 e. The summed E-state index contributed by atoms with van der Waals surface area (Å²) in [5.41, 5.74) is 6.53. The highest BCUT2D eigenvalue weighted by Gasteiger charge is 2.19. The van der Waals surface area contributed by atoms with Crippen molar-refractivity contribution < 1.29 is 9.47 Å². The molecule has 116 valence electrons. The Morgan fingerprint density at radius 3 is 2.36 bits per heavy atom. The lowest BCUT2D eigenvalue weighted by Crippen LogP contribution is -2.37. The average molecular weight is 365 g/mol. The van der Waals surface area contributed by atoms with Gasteiger partial charge in [-0.15, -0.1) is 0 Å². The first kappa shape index (κ1) is 16.1. The summed E-state index contributed by atoms with van der Waals surface area (Å²) in [4.78, 5) is 5.86. The Hall–Kier alpha value is -2.28. The quantitative estimate of drug-likeness (QED) is 0.629. The largest absolute Gasteiger partial charge is 0.496 e. The maximum Gasteiger partial charge on any atom is 0.194 e. The summed E-state index contributed by atoms with van der Waals surface area (Å²) in [6.45, 7) is 0.304. The van der Waals surface area contributed by atoms with Gasteiger partial charge in [0.05, 0.1) is 30.8 Å². The van der Waals surface area contributed by atoms with Crippen LogP contribution in [0, 0.1) is 5.41 Å². The lowest BCUT2D eigenvalue weighted by atomic mass is 10.1. The van der Waals surface area contributed by atoms with Crippen molar-refractivity contribution >= 4 is 27.7 Å². The number of guanidine groups is 1. The molecule has 2 aromatic rings. The third-order valence-corrected chi connectivity index (χ3v) is 3.75. The van der Waals surface area contributed by atoms with E-state index in [-0.39, 0.29) is 5.96 Å². The molecule has 1 aromatic heterocycles. The molecule has 0 fully saturated rings. The molecule has 0 saturated heterocycles. The molecule has 0 saturated carbocycles. The van der Waals surface area contributed by atoms with Gasteiger partial charge in [-0.2, -0.15) is 0 Å². The molecular weight excluding hydrogens is 348 g/mol. The molecule has 0 amide bonds. The van der Waals surface area contributed by atoms with E-state index in [0.29, 0.717) is 23.9 Å². The molecule has 6 nitrogen and oxygen atoms in total. The number of nitrogens with zero attached hydrogens (tertiary/aromatic N) is 2. The summed E-state index contributed by atoms with van der Waals surface area (Å²) < 4.78 is 11.5. The van der Waals surface area contributed by atoms with Crippen LogP contribution in [0.2, 0.25) is 0 Å². The van der Waals surface area contributed by atoms with Crippen molar-refractivity contribution in [2.45, 2.75) is 6.54 Å². The maximum absolute atomic E-state index is 7.85. The maximum atomic E-state index is 7.85. The fourth-order valence-corrected chi connectivity index (χ4v) is 2.56. The van der Waals surface area contributed by atoms with Crippen molar-refractivity contribution in [1.82, 2.24) is 4.98 Å². The number of pyridine rings is 1. The predicted molar refractivity (Wildman–Crippen MR) is 89.6 cm³/mol. The van der Waals surface area contributed by atoms with Crippen molar-refractivity contribution in [3.63, 3.8) is 0 Å². The van der Waals surface area contributed by atoms with Crippen molar-refractivity contribution in [3.8, 4) is 11.5 Å². The highest BCUT2D eigenvalue weighted by molar-refractivity contribution is 9.10. The van der Waals surface area contributed by atoms with Crippen LogP contribution >= 0.6 is 15.9 Å². The Morgan fingerprint density at radius 2 is 1.86 bits per heavy atom. The van der Waals surface area contributed by atoms with Crippen molar-refractivity contribution in [3.05, 3.63) is 46.6 Å². The minimum absolute atomic E-state index is 0.118. The summed E-state index contributed by atoms with van der Waals surface area (Å²) >= 11 is 3.43. The number of nitrogens with one attached hydrogen (secondary N) is 1. The predicted octanol–water partition coefficient (Wildman–Crippen LogP) is 2.76. The lowest BCUT2D eigenvalue weighted by molar-refractivity contribution is 0.385. The van der Waals surface area contributed by atoms with E-state index in [2.05, 4.69) is 20.9 Å². The first-order valence-corrected chi connectivity index (χ1v) is 7.29. The Morgan fingerprint density at radius 1 is 1.23 bits per heavy atom. The standard InChI is InChI=1S/C15H17BrN4O2/c1-21-12-6-3-7-13(22-2)10(12)9-20(15(17)18)14-11(16)5-4-8-19-14/h3-8H,9H2,1-2H3,(H3,17,18). The Labute approximate surface area is 137 Å². The topological polar surface area (TPSA) is 84.5 Å². The molecule has 1 heterocycles. The van der Waals surface area contributed by atoms with Crippen LogP contribution in [0.15, 0.2) is 41.0 Å². The number of hydrogen-bond acceptors (Lipinski definition) is 4. The normalized spacial score (nSPS) is 10.1. The zero-order chi connectivity index (χ0) is 16.1. The third kappa shape index (κ3) is 3.30. The van der Waals surface area contributed by atoms with Crippen LogP contribution in [0.3, 0.4) is 0 Å². The molecule has 1 aromatic carbocycles. The van der Waals surface area contributed by atoms with Gasteiger partial charge in [-0.3, -0.25) is 10.3 Å². The van der Waals surface area contributed by atoms with Gasteiger partial charge in [0.25, 0.3) is 0 Å². The summed E-state index contributed by atoms with van der Waals surface area (Å²) in [7, 11) is 3.18. The van der Waals surface area contributed by atoms with E-state index >= 15 is 0 Å². The number of anilines is 1. The molecule has 0 unspecified atom stereocenters. The number of hydrogen-bond donors (Lipinski definition) is 2. The van der Waals surface area contributed by atoms with Crippen LogP contribution in [0.5, 0.6) is 11.5 Å². The number of aromatic nitrogens is 1. The number of halogens is 1. The number of ether oxygens (including phenoxy) is 2. The SMILES string of the molecule is COc1cccc(OC)c1CN(C(=N)N)c1ncccc1Br. The van der Waals surface area contributed by atoms with Gasteiger partial charge in [-0.1, -0.05) is 6.07 Å². The molecule has 22 heavy (non-hydrogen) atoms. The van der Waals surface area contributed by atoms with Crippen LogP contribution in [0.4, 0.5) is 5.82 Å². The lowest BCUT2D eigenvalue weighted by Gasteiger charge is -2.24. The minimum Gasteiger partial charge on any atom is -0.496 e. The zero-order valence-electron chi connectivity index (χ0n) is 12.3. The molecule has 0 atom stereocenters. The van der Waals surface area contributed by atoms with Crippen LogP contribution in [0.1, 0.15) is 5.56 Å². The minimum atomic E-state index is -0.118. The number of methoxy groups -OCH3 is 2. The second kappa shape index (κ2) is 7.13. The van der Waals surface area contributed by atoms with Crippen LogP contribution in [-0.4, -0.2) is 25.2 Å². The molecule has 0 aliphatic rings. The average Bonchev–Trinajstić information content (AvgIpc) is 2.53. The first-order chi connectivity index (χ1) is 10.6. The van der Waals surface area contributed by atoms with E-state index in [1.807, 2.05) is 24.3 Å². The number of nitrogens with two attached hydrogens (primary N) is 1. The molecule has 2 rings (SSSR count). The third-order valence-electron chi connectivity index (χ3n) is 3.13. The zero-order valence-corrected chi connectivity index (χ0v) is 13.9. The summed E-state index contributed by atoms with van der Waals surface area (Å²) in [5, 5.41) is 7.85. The van der Waals surface area contributed by atoms with Gasteiger partial charge in [0.15, 0.2) is 5.96 Å². The van der Waals surface area contributed by atoms with Crippen molar-refractivity contribution in [2.75, 3.05) is 19.1 Å². The fourth-order valence-electron chi connectivity index (χ4n) is 2.09. The van der Waals surface area contributed by atoms with E-state index in [1.54, 1.807) is 31.4 Å². The molecule has 0 bridgehead atoms. The van der Waals surface area contributed by atoms with Crippen LogP contribution in [-0.2, 0) is 6.54 Å². The van der Waals surface area contributed by atoms with Gasteiger partial charge < -0.3 is 15.2 Å². The van der Waals surface area contributed by atoms with Gasteiger partial charge in [0.2, 0.25) is 0 Å². The molecule has 0 aliphatic heterocycles. The Kier molecular flexibility index (Phi) is 5.21. The second-order valence-corrected chi connectivity index (χ2v) is 5.28. The molecule has 0 spiro atoms. The van der Waals surface area contributed by atoms with Gasteiger partial charge >= 0.3 is 0 Å². The Bertz CT molecular complexity index is 656. The Balaban J connectivity index is 2.46. The summed E-state index contributed by atoms with van der Waals surface area (Å²) in [5.74, 6) is 1.77. The molecule has 7 heteroatoms. The summed E-state index contributed by atoms with van der Waals surface area (Å²) in [6, 6.07) is 9.16. The van der Waals surface area contributed by atoms with E-state index < -0.39 is 0 Å². The fraction of sp³-hybridized carbons (Fsp3) is 0.200. The highest BCUT2D eigenvalue weighted by Crippen LogP contribution is 2.32. The van der Waals surface area contributed by atoms with E-state index in [1.165, 1.54) is 0 Å². The molecule has 0 aliphatic carbocycles. The van der Waals surface area contributed by atoms with E-state index in [0.717, 1.165) is 10.0 Å².